The molecule has 218 valence electrons. The van der Waals surface area contributed by atoms with Gasteiger partial charge in [0.05, 0.1) is 5.75 Å². The number of rotatable bonds is 19. The van der Waals surface area contributed by atoms with Gasteiger partial charge in [-0.15, -0.1) is 11.8 Å². The standard InChI is InChI=1S/C28H44N4O4S3.Na/c1-2-3-4-5-6-7-8-9-10-11-12-13-14-18-21-24(39(34,35)36)26-29-30-28(37)32(26)31-25(33)22-38-27(31)23-19-16-15-17-20-23;/h15-17,19-20,24,27H,2-14,18,21-22H2,1H3,(H,30,37)(H,34,35,36);/q;+1/p-1. The summed E-state index contributed by atoms with van der Waals surface area (Å²) in [5.74, 6) is -0.00713. The molecule has 8 nitrogen and oxygen atoms in total. The van der Waals surface area contributed by atoms with Crippen molar-refractivity contribution in [3.05, 3.63) is 46.5 Å². The van der Waals surface area contributed by atoms with Crippen LogP contribution < -0.4 is 34.6 Å². The first-order chi connectivity index (χ1) is 18.8. The fraction of sp³-hybridized carbons (Fsp3) is 0.679. The number of amides is 1. The van der Waals surface area contributed by atoms with Crippen LogP contribution in [0.1, 0.15) is 125 Å². The van der Waals surface area contributed by atoms with Crippen molar-refractivity contribution in [2.24, 2.45) is 0 Å². The van der Waals surface area contributed by atoms with Crippen molar-refractivity contribution in [1.82, 2.24) is 14.9 Å². The molecule has 3 rings (SSSR count). The number of carbonyl (C=O) groups excluding carboxylic acids is 1. The molecular weight excluding hydrogens is 576 g/mol. The van der Waals surface area contributed by atoms with E-state index in [1.54, 1.807) is 0 Å². The second-order valence-electron chi connectivity index (χ2n) is 10.4. The SMILES string of the molecule is CCCCCCCCCCCCCCCCC(c1n[nH]c(=S)n1N1C(=O)CSC1c1ccccc1)S(=O)(=O)[O-].[Na+]. The van der Waals surface area contributed by atoms with Crippen molar-refractivity contribution in [1.29, 1.82) is 0 Å². The maximum Gasteiger partial charge on any atom is 1.00 e. The monoisotopic (exact) mass is 618 g/mol. The van der Waals surface area contributed by atoms with Crippen LogP contribution in [0.25, 0.3) is 0 Å². The fourth-order valence-corrected chi connectivity index (χ4v) is 7.37. The number of nitrogens with zero attached hydrogens (tertiary/aromatic N) is 3. The third-order valence-electron chi connectivity index (χ3n) is 7.27. The summed E-state index contributed by atoms with van der Waals surface area (Å²) in [6, 6.07) is 9.47. The van der Waals surface area contributed by atoms with Crippen LogP contribution in [0, 0.1) is 4.77 Å². The van der Waals surface area contributed by atoms with Gasteiger partial charge in [0.2, 0.25) is 4.77 Å². The quantitative estimate of drug-likeness (QED) is 0.108. The van der Waals surface area contributed by atoms with Crippen LogP contribution in [0.2, 0.25) is 0 Å². The van der Waals surface area contributed by atoms with Gasteiger partial charge in [-0.05, 0) is 24.2 Å². The maximum atomic E-state index is 12.9. The molecule has 12 heteroatoms. The van der Waals surface area contributed by atoms with Gasteiger partial charge in [-0.25, -0.2) is 18.1 Å². The molecule has 1 aromatic carbocycles. The minimum atomic E-state index is -4.72. The Morgan fingerprint density at radius 1 is 0.975 bits per heavy atom. The van der Waals surface area contributed by atoms with E-state index in [0.29, 0.717) is 6.42 Å². The zero-order valence-electron chi connectivity index (χ0n) is 24.1. The Bertz CT molecular complexity index is 1170. The first kappa shape index (κ1) is 35.5. The van der Waals surface area contributed by atoms with Gasteiger partial charge in [-0.3, -0.25) is 9.89 Å². The Hall–Kier alpha value is -0.690. The van der Waals surface area contributed by atoms with Crippen LogP contribution in [-0.4, -0.2) is 39.5 Å². The van der Waals surface area contributed by atoms with Crippen LogP contribution in [0.15, 0.2) is 30.3 Å². The summed E-state index contributed by atoms with van der Waals surface area (Å²) in [7, 11) is -4.72. The Kier molecular flexibility index (Phi) is 16.7. The molecule has 0 bridgehead atoms. The van der Waals surface area contributed by atoms with Crippen LogP contribution in [-0.2, 0) is 14.9 Å². The van der Waals surface area contributed by atoms with E-state index in [4.69, 9.17) is 12.2 Å². The molecule has 2 aromatic rings. The topological polar surface area (TPSA) is 111 Å². The molecule has 0 saturated carbocycles. The van der Waals surface area contributed by atoms with E-state index in [2.05, 4.69) is 17.1 Å². The van der Waals surface area contributed by atoms with E-state index < -0.39 is 20.7 Å². The number of nitrogens with one attached hydrogen (secondary N) is 1. The molecule has 1 fully saturated rings. The van der Waals surface area contributed by atoms with Gasteiger partial charge < -0.3 is 4.55 Å². The Labute approximate surface area is 271 Å². The van der Waals surface area contributed by atoms with Gasteiger partial charge in [-0.2, -0.15) is 5.10 Å². The first-order valence-corrected chi connectivity index (χ1v) is 17.4. The number of unbranched alkanes of at least 4 members (excludes halogenated alkanes) is 13. The van der Waals surface area contributed by atoms with Crippen molar-refractivity contribution < 1.29 is 47.3 Å². The number of thioether (sulfide) groups is 1. The van der Waals surface area contributed by atoms with E-state index in [1.807, 2.05) is 30.3 Å². The average molecular weight is 619 g/mol. The van der Waals surface area contributed by atoms with Crippen LogP contribution >= 0.6 is 24.0 Å². The summed E-state index contributed by atoms with van der Waals surface area (Å²) >= 11 is 6.82. The molecule has 2 unspecified atom stereocenters. The number of carbonyl (C=O) groups is 1. The van der Waals surface area contributed by atoms with Crippen molar-refractivity contribution in [2.75, 3.05) is 10.8 Å². The van der Waals surface area contributed by atoms with Gasteiger partial charge >= 0.3 is 29.6 Å². The summed E-state index contributed by atoms with van der Waals surface area (Å²) in [6.45, 7) is 2.24. The molecule has 1 N–H and O–H groups in total. The predicted octanol–water partition coefficient (Wildman–Crippen LogP) is 4.31. The van der Waals surface area contributed by atoms with Gasteiger partial charge in [0.1, 0.15) is 20.7 Å². The largest absolute Gasteiger partial charge is 1.00 e. The molecule has 1 aliphatic rings. The Morgan fingerprint density at radius 3 is 2.02 bits per heavy atom. The number of aromatic amines is 1. The minimum absolute atomic E-state index is 0. The summed E-state index contributed by atoms with van der Waals surface area (Å²) in [4.78, 5) is 12.9. The maximum absolute atomic E-state index is 12.9. The smallest absolute Gasteiger partial charge is 0.747 e. The molecule has 1 aromatic heterocycles. The molecule has 1 saturated heterocycles. The van der Waals surface area contributed by atoms with Gasteiger partial charge in [0.25, 0.3) is 5.91 Å². The van der Waals surface area contributed by atoms with Gasteiger partial charge in [-0.1, -0.05) is 127 Å². The van der Waals surface area contributed by atoms with E-state index in [-0.39, 0.29) is 58.2 Å². The van der Waals surface area contributed by atoms with E-state index in [9.17, 15) is 17.8 Å². The Morgan fingerprint density at radius 2 is 1.50 bits per heavy atom. The number of hydrogen-bond donors (Lipinski definition) is 1. The number of aromatic nitrogens is 3. The fourth-order valence-electron chi connectivity index (χ4n) is 5.14. The third-order valence-corrected chi connectivity index (χ3v) is 9.88. The summed E-state index contributed by atoms with van der Waals surface area (Å²) in [5, 5.41) is 6.42. The van der Waals surface area contributed by atoms with E-state index >= 15 is 0 Å². The van der Waals surface area contributed by atoms with Crippen molar-refractivity contribution in [3.8, 4) is 0 Å². The second-order valence-corrected chi connectivity index (χ2v) is 13.4. The Balaban J connectivity index is 0.00000560. The molecule has 0 radical (unpaired) electrons. The second kappa shape index (κ2) is 18.8. The zero-order chi connectivity index (χ0) is 28.1. The third kappa shape index (κ3) is 10.9. The van der Waals surface area contributed by atoms with Crippen LogP contribution in [0.3, 0.4) is 0 Å². The molecule has 0 spiro atoms. The molecule has 2 atom stereocenters. The molecule has 0 aliphatic carbocycles. The van der Waals surface area contributed by atoms with Crippen molar-refractivity contribution in [2.45, 2.75) is 114 Å². The van der Waals surface area contributed by atoms with Crippen molar-refractivity contribution >= 4 is 40.0 Å². The number of H-pyrrole nitrogens is 1. The van der Waals surface area contributed by atoms with E-state index in [0.717, 1.165) is 24.8 Å². The van der Waals surface area contributed by atoms with Crippen molar-refractivity contribution in [3.63, 3.8) is 0 Å². The minimum Gasteiger partial charge on any atom is -0.747 e. The molecule has 40 heavy (non-hydrogen) atoms. The van der Waals surface area contributed by atoms with Gasteiger partial charge in [0.15, 0.2) is 5.82 Å². The molecular formula is C28H43N4NaO4S3. The summed E-state index contributed by atoms with van der Waals surface area (Å²) < 4.78 is 38.4. The van der Waals surface area contributed by atoms with Crippen LogP contribution in [0.4, 0.5) is 0 Å². The predicted molar refractivity (Wildman–Crippen MR) is 160 cm³/mol. The summed E-state index contributed by atoms with van der Waals surface area (Å²) in [6.07, 6.45) is 16.8. The number of hydrogen-bond acceptors (Lipinski definition) is 7. The average Bonchev–Trinajstić information content (AvgIpc) is 3.47. The number of benzene rings is 1. The molecule has 1 amide bonds. The zero-order valence-corrected chi connectivity index (χ0v) is 28.5. The van der Waals surface area contributed by atoms with E-state index in [1.165, 1.54) is 85.7 Å². The first-order valence-electron chi connectivity index (χ1n) is 14.5. The summed E-state index contributed by atoms with van der Waals surface area (Å²) in [5.41, 5.74) is 0.885. The molecule has 2 heterocycles. The van der Waals surface area contributed by atoms with Crippen LogP contribution in [0.5, 0.6) is 0 Å². The van der Waals surface area contributed by atoms with Gasteiger partial charge in [0, 0.05) is 0 Å². The normalized spacial score (nSPS) is 16.3. The molecule has 1 aliphatic heterocycles.